The SMILES string of the molecule is Cc1nnc(C)n1-c1ccc(O[C@@H]2c3cc(Cl)cc(F)c3C[C@H]2C2CCCC2)c(F)c1. The van der Waals surface area contributed by atoms with Gasteiger partial charge in [-0.05, 0) is 56.0 Å². The molecule has 0 bridgehead atoms. The van der Waals surface area contributed by atoms with Crippen LogP contribution < -0.4 is 4.74 Å². The molecule has 7 heteroatoms. The van der Waals surface area contributed by atoms with Crippen LogP contribution in [0.3, 0.4) is 0 Å². The highest BCUT2D eigenvalue weighted by Crippen LogP contribution is 2.49. The van der Waals surface area contributed by atoms with Gasteiger partial charge in [0.05, 0.1) is 5.69 Å². The summed E-state index contributed by atoms with van der Waals surface area (Å²) in [5.74, 6) is 1.32. The fraction of sp³-hybridized carbons (Fsp3) is 0.417. The number of hydrogen-bond acceptors (Lipinski definition) is 3. The van der Waals surface area contributed by atoms with E-state index in [-0.39, 0.29) is 17.5 Å². The van der Waals surface area contributed by atoms with Crippen LogP contribution in [0.4, 0.5) is 8.78 Å². The van der Waals surface area contributed by atoms with E-state index in [9.17, 15) is 4.39 Å². The lowest BCUT2D eigenvalue weighted by atomic mass is 9.86. The van der Waals surface area contributed by atoms with Crippen LogP contribution in [0.5, 0.6) is 5.75 Å². The van der Waals surface area contributed by atoms with Crippen molar-refractivity contribution in [3.05, 3.63) is 69.8 Å². The van der Waals surface area contributed by atoms with Crippen molar-refractivity contribution < 1.29 is 13.5 Å². The van der Waals surface area contributed by atoms with Crippen LogP contribution in [0.1, 0.15) is 54.6 Å². The molecular weight excluding hydrogens is 420 g/mol. The molecule has 0 unspecified atom stereocenters. The van der Waals surface area contributed by atoms with Gasteiger partial charge in [-0.15, -0.1) is 10.2 Å². The van der Waals surface area contributed by atoms with Gasteiger partial charge in [-0.25, -0.2) is 8.78 Å². The Kier molecular flexibility index (Phi) is 5.21. The first-order valence-electron chi connectivity index (χ1n) is 10.8. The van der Waals surface area contributed by atoms with Gasteiger partial charge in [0.25, 0.3) is 0 Å². The van der Waals surface area contributed by atoms with E-state index in [4.69, 9.17) is 16.3 Å². The highest BCUT2D eigenvalue weighted by atomic mass is 35.5. The van der Waals surface area contributed by atoms with Crippen molar-refractivity contribution in [2.24, 2.45) is 11.8 Å². The summed E-state index contributed by atoms with van der Waals surface area (Å²) in [6.07, 6.45) is 4.74. The maximum Gasteiger partial charge on any atom is 0.167 e. The number of fused-ring (bicyclic) bond motifs is 1. The van der Waals surface area contributed by atoms with Gasteiger partial charge in [0.1, 0.15) is 23.6 Å². The molecule has 1 saturated carbocycles. The van der Waals surface area contributed by atoms with Crippen molar-refractivity contribution in [3.63, 3.8) is 0 Å². The molecule has 0 amide bonds. The van der Waals surface area contributed by atoms with Gasteiger partial charge in [0.15, 0.2) is 11.6 Å². The van der Waals surface area contributed by atoms with Gasteiger partial charge >= 0.3 is 0 Å². The molecule has 3 aromatic rings. The number of hydrogen-bond donors (Lipinski definition) is 0. The zero-order chi connectivity index (χ0) is 21.7. The molecule has 5 rings (SSSR count). The number of halogens is 3. The Morgan fingerprint density at radius 2 is 1.71 bits per heavy atom. The number of nitrogens with zero attached hydrogens (tertiary/aromatic N) is 3. The molecule has 0 aliphatic heterocycles. The van der Waals surface area contributed by atoms with E-state index < -0.39 is 11.9 Å². The molecule has 0 saturated heterocycles. The second-order valence-corrected chi connectivity index (χ2v) is 9.09. The Morgan fingerprint density at radius 1 is 1.00 bits per heavy atom. The normalized spacial score (nSPS) is 20.9. The summed E-state index contributed by atoms with van der Waals surface area (Å²) in [4.78, 5) is 0. The third-order valence-electron chi connectivity index (χ3n) is 6.75. The van der Waals surface area contributed by atoms with Crippen molar-refractivity contribution in [2.75, 3.05) is 0 Å². The Bertz CT molecular complexity index is 1120. The second-order valence-electron chi connectivity index (χ2n) is 8.65. The molecule has 1 fully saturated rings. The highest BCUT2D eigenvalue weighted by molar-refractivity contribution is 6.30. The maximum atomic E-state index is 15.1. The fourth-order valence-corrected chi connectivity index (χ4v) is 5.53. The van der Waals surface area contributed by atoms with Gasteiger partial charge in [0, 0.05) is 22.6 Å². The van der Waals surface area contributed by atoms with E-state index in [0.29, 0.717) is 40.3 Å². The van der Waals surface area contributed by atoms with Crippen LogP contribution in [0.2, 0.25) is 5.02 Å². The van der Waals surface area contributed by atoms with E-state index in [1.807, 2.05) is 13.8 Å². The lowest BCUT2D eigenvalue weighted by Crippen LogP contribution is -2.21. The average Bonchev–Trinajstić information content (AvgIpc) is 3.44. The minimum atomic E-state index is -0.467. The minimum Gasteiger partial charge on any atom is -0.482 e. The standard InChI is InChI=1S/C24H24ClF2N3O/c1-13-28-29-14(2)30(13)17-7-8-23(22(27)11-17)31-24-18(15-5-3-4-6-15)12-19-20(24)9-16(25)10-21(19)26/h7-11,15,18,24H,3-6,12H2,1-2H3/t18-,24-/m0/s1. The summed E-state index contributed by atoms with van der Waals surface area (Å²) >= 11 is 6.16. The van der Waals surface area contributed by atoms with Crippen LogP contribution in [0.15, 0.2) is 30.3 Å². The van der Waals surface area contributed by atoms with E-state index in [1.54, 1.807) is 22.8 Å². The number of ether oxygens (including phenoxy) is 1. The molecule has 31 heavy (non-hydrogen) atoms. The van der Waals surface area contributed by atoms with Crippen LogP contribution in [-0.4, -0.2) is 14.8 Å². The molecule has 2 atom stereocenters. The Labute approximate surface area is 185 Å². The Balaban J connectivity index is 1.50. The molecule has 0 radical (unpaired) electrons. The fourth-order valence-electron chi connectivity index (χ4n) is 5.32. The largest absolute Gasteiger partial charge is 0.482 e. The van der Waals surface area contributed by atoms with Crippen molar-refractivity contribution >= 4 is 11.6 Å². The summed E-state index contributed by atoms with van der Waals surface area (Å²) in [6.45, 7) is 3.64. The highest BCUT2D eigenvalue weighted by Gasteiger charge is 2.42. The Morgan fingerprint density at radius 3 is 2.39 bits per heavy atom. The smallest absolute Gasteiger partial charge is 0.167 e. The van der Waals surface area contributed by atoms with Crippen LogP contribution >= 0.6 is 11.6 Å². The summed E-state index contributed by atoms with van der Waals surface area (Å²) in [7, 11) is 0. The summed E-state index contributed by atoms with van der Waals surface area (Å²) in [5.41, 5.74) is 2.04. The van der Waals surface area contributed by atoms with Gasteiger partial charge in [-0.2, -0.15) is 0 Å². The molecule has 1 aromatic heterocycles. The van der Waals surface area contributed by atoms with Crippen LogP contribution in [-0.2, 0) is 6.42 Å². The first-order chi connectivity index (χ1) is 14.9. The van der Waals surface area contributed by atoms with Crippen molar-refractivity contribution in [3.8, 4) is 11.4 Å². The molecule has 2 aromatic carbocycles. The zero-order valence-electron chi connectivity index (χ0n) is 17.5. The first-order valence-corrected chi connectivity index (χ1v) is 11.1. The predicted octanol–water partition coefficient (Wildman–Crippen LogP) is 6.30. The third-order valence-corrected chi connectivity index (χ3v) is 6.97. The molecule has 0 N–H and O–H groups in total. The topological polar surface area (TPSA) is 39.9 Å². The van der Waals surface area contributed by atoms with Gasteiger partial charge in [-0.3, -0.25) is 4.57 Å². The average molecular weight is 444 g/mol. The number of benzene rings is 2. The predicted molar refractivity (Wildman–Crippen MR) is 115 cm³/mol. The monoisotopic (exact) mass is 443 g/mol. The zero-order valence-corrected chi connectivity index (χ0v) is 18.3. The molecule has 162 valence electrons. The van der Waals surface area contributed by atoms with E-state index >= 15 is 4.39 Å². The number of aryl methyl sites for hydroxylation is 2. The molecule has 2 aliphatic carbocycles. The lowest BCUT2D eigenvalue weighted by molar-refractivity contribution is 0.106. The van der Waals surface area contributed by atoms with E-state index in [0.717, 1.165) is 18.4 Å². The quantitative estimate of drug-likeness (QED) is 0.475. The van der Waals surface area contributed by atoms with Crippen molar-refractivity contribution in [1.82, 2.24) is 14.8 Å². The van der Waals surface area contributed by atoms with Crippen LogP contribution in [0.25, 0.3) is 5.69 Å². The molecular formula is C24H24ClF2N3O. The Hall–Kier alpha value is -2.47. The van der Waals surface area contributed by atoms with Gasteiger partial charge < -0.3 is 4.74 Å². The van der Waals surface area contributed by atoms with Crippen LogP contribution in [0, 0.1) is 37.3 Å². The molecule has 0 spiro atoms. The van der Waals surface area contributed by atoms with Gasteiger partial charge in [-0.1, -0.05) is 37.3 Å². The van der Waals surface area contributed by atoms with E-state index in [2.05, 4.69) is 10.2 Å². The summed E-state index contributed by atoms with van der Waals surface area (Å²) in [5, 5.41) is 8.41. The van der Waals surface area contributed by atoms with Crippen molar-refractivity contribution in [1.29, 1.82) is 0 Å². The first kappa shape index (κ1) is 20.4. The lowest BCUT2D eigenvalue weighted by Gasteiger charge is -2.27. The van der Waals surface area contributed by atoms with Gasteiger partial charge in [0.2, 0.25) is 0 Å². The minimum absolute atomic E-state index is 0.117. The summed E-state index contributed by atoms with van der Waals surface area (Å²) < 4.78 is 37.8. The molecule has 1 heterocycles. The van der Waals surface area contributed by atoms with Crippen molar-refractivity contribution in [2.45, 2.75) is 52.1 Å². The summed E-state index contributed by atoms with van der Waals surface area (Å²) in [6, 6.07) is 7.98. The number of rotatable bonds is 4. The number of aromatic nitrogens is 3. The van der Waals surface area contributed by atoms with E-state index in [1.165, 1.54) is 25.0 Å². The second kappa shape index (κ2) is 7.90. The third kappa shape index (κ3) is 3.61. The maximum absolute atomic E-state index is 15.1. The molecule has 4 nitrogen and oxygen atoms in total. The molecule has 2 aliphatic rings.